The van der Waals surface area contributed by atoms with Crippen LogP contribution in [-0.4, -0.2) is 49.5 Å². The van der Waals surface area contributed by atoms with E-state index in [4.69, 9.17) is 11.6 Å². The van der Waals surface area contributed by atoms with Gasteiger partial charge in [0.15, 0.2) is 5.96 Å². The SMILES string of the molecule is CN=C(NCC1(c2cccc(Cl)c2)CC1)N(C)CC(=O)NC(C)(C)C.I. The van der Waals surface area contributed by atoms with Crippen LogP contribution in [0.3, 0.4) is 0 Å². The summed E-state index contributed by atoms with van der Waals surface area (Å²) in [5.41, 5.74) is 1.14. The number of nitrogens with zero attached hydrogens (tertiary/aromatic N) is 2. The van der Waals surface area contributed by atoms with Crippen LogP contribution in [0.4, 0.5) is 0 Å². The molecule has 1 aromatic rings. The van der Waals surface area contributed by atoms with E-state index >= 15 is 0 Å². The lowest BCUT2D eigenvalue weighted by Crippen LogP contribution is -2.49. The number of nitrogens with one attached hydrogen (secondary N) is 2. The number of carbonyl (C=O) groups excluding carboxylic acids is 1. The maximum absolute atomic E-state index is 12.1. The first-order chi connectivity index (χ1) is 11.6. The molecule has 0 bridgehead atoms. The Morgan fingerprint density at radius 2 is 2.00 bits per heavy atom. The summed E-state index contributed by atoms with van der Waals surface area (Å²) in [5.74, 6) is 0.700. The molecule has 0 heterocycles. The Labute approximate surface area is 179 Å². The summed E-state index contributed by atoms with van der Waals surface area (Å²) < 4.78 is 0. The Bertz CT molecular complexity index is 653. The van der Waals surface area contributed by atoms with Crippen LogP contribution in [0.5, 0.6) is 0 Å². The zero-order valence-corrected chi connectivity index (χ0v) is 19.3. The minimum atomic E-state index is -0.237. The van der Waals surface area contributed by atoms with Crippen molar-refractivity contribution in [3.05, 3.63) is 34.9 Å². The largest absolute Gasteiger partial charge is 0.355 e. The van der Waals surface area contributed by atoms with E-state index in [9.17, 15) is 4.79 Å². The van der Waals surface area contributed by atoms with Gasteiger partial charge in [0, 0.05) is 36.6 Å². The first-order valence-electron chi connectivity index (χ1n) is 8.64. The monoisotopic (exact) mass is 492 g/mol. The van der Waals surface area contributed by atoms with Crippen LogP contribution in [0, 0.1) is 0 Å². The van der Waals surface area contributed by atoms with Gasteiger partial charge in [-0.3, -0.25) is 9.79 Å². The molecule has 1 amide bonds. The fraction of sp³-hybridized carbons (Fsp3) is 0.579. The van der Waals surface area contributed by atoms with Gasteiger partial charge < -0.3 is 15.5 Å². The molecule has 5 nitrogen and oxygen atoms in total. The quantitative estimate of drug-likeness (QED) is 0.376. The van der Waals surface area contributed by atoms with Crippen LogP contribution in [-0.2, 0) is 10.2 Å². The lowest BCUT2D eigenvalue weighted by molar-refractivity contribution is -0.122. The van der Waals surface area contributed by atoms with Gasteiger partial charge in [-0.2, -0.15) is 0 Å². The smallest absolute Gasteiger partial charge is 0.240 e. The van der Waals surface area contributed by atoms with Crippen molar-refractivity contribution in [2.75, 3.05) is 27.2 Å². The molecule has 1 aromatic carbocycles. The van der Waals surface area contributed by atoms with Crippen molar-refractivity contribution in [2.45, 2.75) is 44.6 Å². The summed E-state index contributed by atoms with van der Waals surface area (Å²) in [6, 6.07) is 8.06. The van der Waals surface area contributed by atoms with Crippen LogP contribution in [0.1, 0.15) is 39.2 Å². The predicted octanol–water partition coefficient (Wildman–Crippen LogP) is 3.41. The van der Waals surface area contributed by atoms with Crippen molar-refractivity contribution >= 4 is 47.4 Å². The lowest BCUT2D eigenvalue weighted by atomic mass is 9.96. The number of carbonyl (C=O) groups is 1. The second kappa shape index (κ2) is 9.26. The number of halogens is 2. The lowest BCUT2D eigenvalue weighted by Gasteiger charge is -2.26. The van der Waals surface area contributed by atoms with Crippen LogP contribution >= 0.6 is 35.6 Å². The highest BCUT2D eigenvalue weighted by Crippen LogP contribution is 2.48. The molecule has 0 unspecified atom stereocenters. The van der Waals surface area contributed by atoms with Crippen LogP contribution in [0.25, 0.3) is 0 Å². The van der Waals surface area contributed by atoms with Gasteiger partial charge in [-0.15, -0.1) is 24.0 Å². The maximum Gasteiger partial charge on any atom is 0.240 e. The molecule has 0 aliphatic heterocycles. The fourth-order valence-corrected chi connectivity index (χ4v) is 3.11. The van der Waals surface area contributed by atoms with Gasteiger partial charge >= 0.3 is 0 Å². The number of benzene rings is 1. The fourth-order valence-electron chi connectivity index (χ4n) is 2.92. The van der Waals surface area contributed by atoms with Crippen molar-refractivity contribution < 1.29 is 4.79 Å². The average molecular weight is 493 g/mol. The number of amides is 1. The summed E-state index contributed by atoms with van der Waals surface area (Å²) in [6.45, 7) is 6.96. The van der Waals surface area contributed by atoms with Gasteiger partial charge in [0.05, 0.1) is 6.54 Å². The maximum atomic E-state index is 12.1. The normalized spacial score (nSPS) is 15.7. The number of rotatable bonds is 5. The molecule has 1 fully saturated rings. The first kappa shape index (κ1) is 23.0. The van der Waals surface area contributed by atoms with Crippen LogP contribution < -0.4 is 10.6 Å². The minimum absolute atomic E-state index is 0. The molecule has 0 radical (unpaired) electrons. The van der Waals surface area contributed by atoms with Crippen molar-refractivity contribution in [2.24, 2.45) is 4.99 Å². The third-order valence-electron chi connectivity index (χ3n) is 4.34. The Balaban J connectivity index is 0.00000338. The Kier molecular flexibility index (Phi) is 8.20. The zero-order valence-electron chi connectivity index (χ0n) is 16.2. The number of likely N-dealkylation sites (N-methyl/N-ethyl adjacent to an activating group) is 1. The van der Waals surface area contributed by atoms with E-state index in [1.54, 1.807) is 7.05 Å². The van der Waals surface area contributed by atoms with Gasteiger partial charge in [-0.1, -0.05) is 23.7 Å². The van der Waals surface area contributed by atoms with Gasteiger partial charge in [0.25, 0.3) is 0 Å². The summed E-state index contributed by atoms with van der Waals surface area (Å²) in [7, 11) is 3.61. The minimum Gasteiger partial charge on any atom is -0.355 e. The van der Waals surface area contributed by atoms with Gasteiger partial charge in [0.2, 0.25) is 5.91 Å². The number of hydrogen-bond donors (Lipinski definition) is 2. The number of aliphatic imine (C=N–C) groups is 1. The standard InChI is InChI=1S/C19H29ClN4O.HI/c1-18(2,3)23-16(25)12-24(5)17(21-4)22-13-19(9-10-19)14-7-6-8-15(20)11-14;/h6-8,11H,9-10,12-13H2,1-5H3,(H,21,22)(H,23,25);1H. The van der Waals surface area contributed by atoms with E-state index in [-0.39, 0.29) is 47.4 Å². The molecular weight excluding hydrogens is 463 g/mol. The van der Waals surface area contributed by atoms with E-state index in [1.165, 1.54) is 5.56 Å². The summed E-state index contributed by atoms with van der Waals surface area (Å²) in [5, 5.41) is 7.15. The van der Waals surface area contributed by atoms with Gasteiger partial charge in [-0.05, 0) is 51.3 Å². The molecule has 0 spiro atoms. The average Bonchev–Trinajstić information content (AvgIpc) is 3.27. The van der Waals surface area contributed by atoms with Crippen molar-refractivity contribution in [1.29, 1.82) is 0 Å². The first-order valence-corrected chi connectivity index (χ1v) is 9.02. The summed E-state index contributed by atoms with van der Waals surface area (Å²) in [4.78, 5) is 18.3. The highest BCUT2D eigenvalue weighted by Gasteiger charge is 2.44. The topological polar surface area (TPSA) is 56.7 Å². The molecule has 0 aromatic heterocycles. The van der Waals surface area contributed by atoms with E-state index < -0.39 is 0 Å². The number of guanidine groups is 1. The molecule has 7 heteroatoms. The molecule has 2 N–H and O–H groups in total. The molecule has 26 heavy (non-hydrogen) atoms. The third-order valence-corrected chi connectivity index (χ3v) is 4.58. The molecule has 0 atom stereocenters. The van der Waals surface area contributed by atoms with E-state index in [1.807, 2.05) is 50.9 Å². The zero-order chi connectivity index (χ0) is 18.7. The highest BCUT2D eigenvalue weighted by atomic mass is 127. The second-order valence-corrected chi connectivity index (χ2v) is 8.28. The van der Waals surface area contributed by atoms with Crippen LogP contribution in [0.2, 0.25) is 5.02 Å². The summed E-state index contributed by atoms with van der Waals surface area (Å²) >= 11 is 6.13. The number of hydrogen-bond acceptors (Lipinski definition) is 2. The predicted molar refractivity (Wildman–Crippen MR) is 120 cm³/mol. The molecule has 1 saturated carbocycles. The second-order valence-electron chi connectivity index (χ2n) is 7.85. The van der Waals surface area contributed by atoms with Gasteiger partial charge in [-0.25, -0.2) is 0 Å². The summed E-state index contributed by atoms with van der Waals surface area (Å²) in [6.07, 6.45) is 2.26. The molecule has 1 aliphatic carbocycles. The molecule has 146 valence electrons. The molecule has 2 rings (SSSR count). The van der Waals surface area contributed by atoms with Crippen LogP contribution in [0.15, 0.2) is 29.3 Å². The van der Waals surface area contributed by atoms with Crippen molar-refractivity contribution in [3.63, 3.8) is 0 Å². The van der Waals surface area contributed by atoms with Gasteiger partial charge in [0.1, 0.15) is 0 Å². The molecule has 1 aliphatic rings. The molecule has 0 saturated heterocycles. The van der Waals surface area contributed by atoms with E-state index in [0.29, 0.717) is 0 Å². The Hall–Kier alpha value is -1.02. The Morgan fingerprint density at radius 3 is 2.50 bits per heavy atom. The van der Waals surface area contributed by atoms with Crippen molar-refractivity contribution in [3.8, 4) is 0 Å². The highest BCUT2D eigenvalue weighted by molar-refractivity contribution is 14.0. The van der Waals surface area contributed by atoms with E-state index in [2.05, 4.69) is 21.7 Å². The van der Waals surface area contributed by atoms with E-state index in [0.717, 1.165) is 30.4 Å². The Morgan fingerprint density at radius 1 is 1.35 bits per heavy atom. The van der Waals surface area contributed by atoms with Crippen molar-refractivity contribution in [1.82, 2.24) is 15.5 Å². The third kappa shape index (κ3) is 6.61. The molecular formula is C19H30ClIN4O.